The number of anilines is 1. The van der Waals surface area contributed by atoms with E-state index in [4.69, 9.17) is 15.5 Å². The number of rotatable bonds is 3. The van der Waals surface area contributed by atoms with Crippen molar-refractivity contribution in [3.8, 4) is 11.4 Å². The summed E-state index contributed by atoms with van der Waals surface area (Å²) in [6.45, 7) is 2.04. The number of aryl methyl sites for hydroxylation is 1. The molecule has 5 rings (SSSR count). The zero-order chi connectivity index (χ0) is 20.8. The number of aromatic nitrogens is 3. The van der Waals surface area contributed by atoms with Crippen molar-refractivity contribution in [3.63, 3.8) is 0 Å². The first-order chi connectivity index (χ1) is 14.5. The summed E-state index contributed by atoms with van der Waals surface area (Å²) in [5, 5.41) is 5.21. The summed E-state index contributed by atoms with van der Waals surface area (Å²) in [5.74, 6) is 0.852. The van der Waals surface area contributed by atoms with Crippen molar-refractivity contribution < 1.29 is 9.53 Å². The lowest BCUT2D eigenvalue weighted by molar-refractivity contribution is 0.0964. The van der Waals surface area contributed by atoms with Crippen molar-refractivity contribution in [3.05, 3.63) is 77.1 Å². The van der Waals surface area contributed by atoms with E-state index in [1.807, 2.05) is 55.5 Å². The summed E-state index contributed by atoms with van der Waals surface area (Å²) in [6.07, 6.45) is 2.75. The number of nitrogens with two attached hydrogens (primary N) is 1. The molecule has 2 aromatic carbocycles. The molecule has 1 aliphatic rings. The molecule has 0 saturated carbocycles. The molecule has 2 aromatic heterocycles. The van der Waals surface area contributed by atoms with E-state index in [1.54, 1.807) is 18.0 Å². The fourth-order valence-electron chi connectivity index (χ4n) is 4.21. The van der Waals surface area contributed by atoms with Crippen LogP contribution < -0.4 is 10.5 Å². The second-order valence-electron chi connectivity index (χ2n) is 7.78. The molecule has 0 bridgehead atoms. The van der Waals surface area contributed by atoms with Gasteiger partial charge in [-0.15, -0.1) is 0 Å². The number of pyridine rings is 1. The summed E-state index contributed by atoms with van der Waals surface area (Å²) in [6, 6.07) is 15.9. The fraction of sp³-hybridized carbons (Fsp3) is 0.208. The number of hydrogen-bond acceptors (Lipinski definition) is 5. The smallest absolute Gasteiger partial charge is 0.167 e. The van der Waals surface area contributed by atoms with Gasteiger partial charge >= 0.3 is 0 Å². The van der Waals surface area contributed by atoms with Crippen molar-refractivity contribution in [2.45, 2.75) is 25.7 Å². The molecule has 0 radical (unpaired) electrons. The molecule has 0 saturated heterocycles. The van der Waals surface area contributed by atoms with Gasteiger partial charge < -0.3 is 10.5 Å². The minimum atomic E-state index is 0.0269. The third kappa shape index (κ3) is 2.92. The zero-order valence-corrected chi connectivity index (χ0v) is 16.9. The number of nitrogens with zero attached hydrogens (tertiary/aromatic N) is 3. The van der Waals surface area contributed by atoms with Crippen LogP contribution in [0.5, 0.6) is 5.75 Å². The number of ether oxygens (including phenoxy) is 1. The topological polar surface area (TPSA) is 83.0 Å². The largest absolute Gasteiger partial charge is 0.497 e. The van der Waals surface area contributed by atoms with Crippen LogP contribution in [0.1, 0.15) is 39.5 Å². The van der Waals surface area contributed by atoms with Crippen LogP contribution in [0.15, 0.2) is 54.7 Å². The Kier molecular flexibility index (Phi) is 4.28. The Labute approximate surface area is 174 Å². The Morgan fingerprint density at radius 2 is 1.93 bits per heavy atom. The van der Waals surface area contributed by atoms with Crippen LogP contribution in [0, 0.1) is 6.92 Å². The van der Waals surface area contributed by atoms with Crippen molar-refractivity contribution in [1.82, 2.24) is 14.8 Å². The lowest BCUT2D eigenvalue weighted by atomic mass is 9.81. The molecule has 4 aromatic rings. The van der Waals surface area contributed by atoms with Gasteiger partial charge in [-0.05, 0) is 49.1 Å². The maximum Gasteiger partial charge on any atom is 0.167 e. The minimum Gasteiger partial charge on any atom is -0.497 e. The number of hydrogen-bond donors (Lipinski definition) is 1. The third-order valence-corrected chi connectivity index (χ3v) is 5.83. The molecular formula is C24H22N4O2. The fourth-order valence-corrected chi connectivity index (χ4v) is 4.21. The molecule has 6 nitrogen and oxygen atoms in total. The average molecular weight is 398 g/mol. The minimum absolute atomic E-state index is 0.0269. The zero-order valence-electron chi connectivity index (χ0n) is 16.9. The number of nitrogen functional groups attached to an aromatic ring is 1. The SMILES string of the molecule is COc1cccc(C2CC(=O)c3c(nc4c(cnn4-c4ccc(C)cc4)c3N)C2)c1. The Morgan fingerprint density at radius 1 is 1.13 bits per heavy atom. The van der Waals surface area contributed by atoms with E-state index in [0.717, 1.165) is 22.7 Å². The molecule has 150 valence electrons. The average Bonchev–Trinajstić information content (AvgIpc) is 3.18. The first-order valence-electron chi connectivity index (χ1n) is 9.95. The molecule has 1 aliphatic carbocycles. The number of Topliss-reactive ketones (excluding diaryl/α,β-unsaturated/α-hetero) is 1. The highest BCUT2D eigenvalue weighted by Crippen LogP contribution is 2.38. The molecule has 30 heavy (non-hydrogen) atoms. The van der Waals surface area contributed by atoms with Crippen LogP contribution in [0.2, 0.25) is 0 Å². The highest BCUT2D eigenvalue weighted by Gasteiger charge is 2.31. The number of fused-ring (bicyclic) bond motifs is 2. The molecule has 1 atom stereocenters. The van der Waals surface area contributed by atoms with Gasteiger partial charge in [0.25, 0.3) is 0 Å². The van der Waals surface area contributed by atoms with Crippen LogP contribution in [0.25, 0.3) is 16.7 Å². The summed E-state index contributed by atoms with van der Waals surface area (Å²) in [4.78, 5) is 17.9. The van der Waals surface area contributed by atoms with Crippen molar-refractivity contribution in [2.24, 2.45) is 0 Å². The highest BCUT2D eigenvalue weighted by atomic mass is 16.5. The molecule has 2 heterocycles. The molecule has 0 fully saturated rings. The molecule has 0 aliphatic heterocycles. The number of methoxy groups -OCH3 is 1. The highest BCUT2D eigenvalue weighted by molar-refractivity contribution is 6.09. The Hall–Kier alpha value is -3.67. The third-order valence-electron chi connectivity index (χ3n) is 5.83. The maximum absolute atomic E-state index is 13.0. The van der Waals surface area contributed by atoms with Gasteiger partial charge in [0.15, 0.2) is 11.4 Å². The maximum atomic E-state index is 13.0. The van der Waals surface area contributed by atoms with Crippen LogP contribution >= 0.6 is 0 Å². The van der Waals surface area contributed by atoms with E-state index >= 15 is 0 Å². The second kappa shape index (κ2) is 6.99. The molecule has 0 amide bonds. The van der Waals surface area contributed by atoms with Gasteiger partial charge in [0.05, 0.1) is 41.3 Å². The first-order valence-corrected chi connectivity index (χ1v) is 9.95. The quantitative estimate of drug-likeness (QED) is 0.558. The lowest BCUT2D eigenvalue weighted by Gasteiger charge is -2.25. The summed E-state index contributed by atoms with van der Waals surface area (Å²) >= 11 is 0. The van der Waals surface area contributed by atoms with Crippen molar-refractivity contribution >= 4 is 22.5 Å². The number of carbonyl (C=O) groups excluding carboxylic acids is 1. The monoisotopic (exact) mass is 398 g/mol. The van der Waals surface area contributed by atoms with Crippen LogP contribution in [-0.2, 0) is 6.42 Å². The van der Waals surface area contributed by atoms with E-state index in [2.05, 4.69) is 5.10 Å². The number of ketones is 1. The summed E-state index contributed by atoms with van der Waals surface area (Å²) < 4.78 is 7.13. The Balaban J connectivity index is 1.62. The standard InChI is InChI=1S/C24H22N4O2/c1-14-6-8-17(9-7-14)28-24-19(13-26-28)23(25)22-20(27-24)11-16(12-21(22)29)15-4-3-5-18(10-15)30-2/h3-10,13,16H,11-12H2,1-2H3,(H2,25,27). The van der Waals surface area contributed by atoms with Gasteiger partial charge in [-0.25, -0.2) is 9.67 Å². The predicted molar refractivity (Wildman–Crippen MR) is 116 cm³/mol. The van der Waals surface area contributed by atoms with E-state index < -0.39 is 0 Å². The van der Waals surface area contributed by atoms with E-state index in [9.17, 15) is 4.79 Å². The van der Waals surface area contributed by atoms with E-state index in [1.165, 1.54) is 5.56 Å². The lowest BCUT2D eigenvalue weighted by Crippen LogP contribution is -2.22. The van der Waals surface area contributed by atoms with E-state index in [0.29, 0.717) is 35.1 Å². The van der Waals surface area contributed by atoms with Gasteiger partial charge in [0, 0.05) is 6.42 Å². The van der Waals surface area contributed by atoms with E-state index in [-0.39, 0.29) is 11.7 Å². The van der Waals surface area contributed by atoms with Gasteiger partial charge in [0.2, 0.25) is 0 Å². The number of carbonyl (C=O) groups is 1. The Bertz CT molecular complexity index is 1270. The molecule has 6 heteroatoms. The van der Waals surface area contributed by atoms with Crippen LogP contribution in [0.4, 0.5) is 5.69 Å². The van der Waals surface area contributed by atoms with Crippen molar-refractivity contribution in [1.29, 1.82) is 0 Å². The van der Waals surface area contributed by atoms with Gasteiger partial charge in [-0.1, -0.05) is 29.8 Å². The first kappa shape index (κ1) is 18.4. The summed E-state index contributed by atoms with van der Waals surface area (Å²) in [5.41, 5.74) is 12.0. The molecule has 1 unspecified atom stereocenters. The Morgan fingerprint density at radius 3 is 2.70 bits per heavy atom. The molecule has 0 spiro atoms. The second-order valence-corrected chi connectivity index (χ2v) is 7.78. The van der Waals surface area contributed by atoms with Crippen LogP contribution in [-0.4, -0.2) is 27.7 Å². The normalized spacial score (nSPS) is 15.9. The van der Waals surface area contributed by atoms with Crippen LogP contribution in [0.3, 0.4) is 0 Å². The number of benzene rings is 2. The van der Waals surface area contributed by atoms with Gasteiger partial charge in [-0.3, -0.25) is 4.79 Å². The van der Waals surface area contributed by atoms with Gasteiger partial charge in [0.1, 0.15) is 5.75 Å². The van der Waals surface area contributed by atoms with Crippen molar-refractivity contribution in [2.75, 3.05) is 12.8 Å². The van der Waals surface area contributed by atoms with Gasteiger partial charge in [-0.2, -0.15) is 5.10 Å². The molecule has 2 N–H and O–H groups in total. The summed E-state index contributed by atoms with van der Waals surface area (Å²) in [7, 11) is 1.64. The predicted octanol–water partition coefficient (Wildman–Crippen LogP) is 4.23. The molecular weight excluding hydrogens is 376 g/mol.